The molecule has 1 aliphatic rings. The van der Waals surface area contributed by atoms with Crippen molar-refractivity contribution in [1.82, 2.24) is 5.16 Å². The SMILES string of the molecule is CC[C@@H]1CCc2sc(C(=O)OCC(=O)Nc3cc(C)on3)cc2C1. The van der Waals surface area contributed by atoms with Gasteiger partial charge < -0.3 is 14.6 Å². The van der Waals surface area contributed by atoms with Gasteiger partial charge >= 0.3 is 5.97 Å². The highest BCUT2D eigenvalue weighted by Crippen LogP contribution is 2.33. The molecule has 0 spiro atoms. The molecule has 0 bridgehead atoms. The number of fused-ring (bicyclic) bond motifs is 1. The third-order valence-corrected chi connectivity index (χ3v) is 5.41. The van der Waals surface area contributed by atoms with Gasteiger partial charge in [-0.3, -0.25) is 4.79 Å². The smallest absolute Gasteiger partial charge is 0.348 e. The van der Waals surface area contributed by atoms with Crippen LogP contribution in [-0.4, -0.2) is 23.6 Å². The van der Waals surface area contributed by atoms with Crippen molar-refractivity contribution >= 4 is 29.0 Å². The van der Waals surface area contributed by atoms with Crippen LogP contribution in [0.4, 0.5) is 5.82 Å². The van der Waals surface area contributed by atoms with Crippen LogP contribution in [0.25, 0.3) is 0 Å². The molecule has 0 unspecified atom stereocenters. The predicted molar refractivity (Wildman–Crippen MR) is 90.3 cm³/mol. The van der Waals surface area contributed by atoms with E-state index in [0.717, 1.165) is 19.3 Å². The summed E-state index contributed by atoms with van der Waals surface area (Å²) >= 11 is 1.48. The van der Waals surface area contributed by atoms with Gasteiger partial charge in [-0.2, -0.15) is 0 Å². The van der Waals surface area contributed by atoms with E-state index in [-0.39, 0.29) is 6.61 Å². The molecule has 2 aromatic heterocycles. The first-order valence-corrected chi connectivity index (χ1v) is 8.88. The second-order valence-electron chi connectivity index (χ2n) is 6.02. The summed E-state index contributed by atoms with van der Waals surface area (Å²) in [6.07, 6.45) is 4.40. The van der Waals surface area contributed by atoms with E-state index in [4.69, 9.17) is 9.26 Å². The lowest BCUT2D eigenvalue weighted by molar-refractivity contribution is -0.119. The quantitative estimate of drug-likeness (QED) is 0.838. The van der Waals surface area contributed by atoms with E-state index in [9.17, 15) is 9.59 Å². The van der Waals surface area contributed by atoms with Crippen LogP contribution in [0.3, 0.4) is 0 Å². The van der Waals surface area contributed by atoms with Gasteiger partial charge in [0.2, 0.25) is 0 Å². The zero-order valence-electron chi connectivity index (χ0n) is 13.8. The maximum absolute atomic E-state index is 12.1. The van der Waals surface area contributed by atoms with Crippen LogP contribution in [-0.2, 0) is 22.4 Å². The number of amides is 1. The Labute approximate surface area is 144 Å². The average molecular weight is 348 g/mol. The summed E-state index contributed by atoms with van der Waals surface area (Å²) in [4.78, 5) is 25.8. The Kier molecular flexibility index (Phi) is 4.99. The molecular formula is C17H20N2O4S. The Balaban J connectivity index is 1.54. The Morgan fingerprint density at radius 1 is 1.46 bits per heavy atom. The number of hydrogen-bond donors (Lipinski definition) is 1. The van der Waals surface area contributed by atoms with Gasteiger partial charge in [0, 0.05) is 10.9 Å². The third kappa shape index (κ3) is 3.84. The van der Waals surface area contributed by atoms with Gasteiger partial charge in [-0.05, 0) is 43.7 Å². The number of nitrogens with zero attached hydrogens (tertiary/aromatic N) is 1. The standard InChI is InChI=1S/C17H20N2O4S/c1-3-11-4-5-13-12(7-11)8-14(24-13)17(21)22-9-16(20)18-15-6-10(2)23-19-15/h6,8,11H,3-5,7,9H2,1-2H3,(H,18,19,20)/t11-/m1/s1. The van der Waals surface area contributed by atoms with Gasteiger partial charge in [0.25, 0.3) is 5.91 Å². The van der Waals surface area contributed by atoms with Gasteiger partial charge in [-0.1, -0.05) is 18.5 Å². The van der Waals surface area contributed by atoms with Crippen molar-refractivity contribution in [1.29, 1.82) is 0 Å². The van der Waals surface area contributed by atoms with Gasteiger partial charge in [-0.25, -0.2) is 4.79 Å². The maximum Gasteiger partial charge on any atom is 0.348 e. The fourth-order valence-electron chi connectivity index (χ4n) is 2.85. The number of carbonyl (C=O) groups is 2. The van der Waals surface area contributed by atoms with E-state index in [0.29, 0.717) is 22.4 Å². The lowest BCUT2D eigenvalue weighted by Crippen LogP contribution is -2.20. The molecule has 24 heavy (non-hydrogen) atoms. The molecule has 6 nitrogen and oxygen atoms in total. The van der Waals surface area contributed by atoms with Crippen LogP contribution in [0.1, 0.15) is 45.6 Å². The lowest BCUT2D eigenvalue weighted by Gasteiger charge is -2.19. The topological polar surface area (TPSA) is 81.4 Å². The average Bonchev–Trinajstić information content (AvgIpc) is 3.17. The van der Waals surface area contributed by atoms with Crippen LogP contribution in [0.5, 0.6) is 0 Å². The molecule has 0 saturated heterocycles. The van der Waals surface area contributed by atoms with E-state index in [1.54, 1.807) is 13.0 Å². The molecule has 0 aliphatic heterocycles. The second kappa shape index (κ2) is 7.17. The monoisotopic (exact) mass is 348 g/mol. The maximum atomic E-state index is 12.1. The highest BCUT2D eigenvalue weighted by Gasteiger charge is 2.23. The number of nitrogens with one attached hydrogen (secondary N) is 1. The summed E-state index contributed by atoms with van der Waals surface area (Å²) in [5, 5.41) is 6.17. The molecule has 0 saturated carbocycles. The van der Waals surface area contributed by atoms with Crippen LogP contribution in [0, 0.1) is 12.8 Å². The summed E-state index contributed by atoms with van der Waals surface area (Å²) in [5.74, 6) is 0.716. The first-order chi connectivity index (χ1) is 11.5. The Bertz CT molecular complexity index is 750. The third-order valence-electron chi connectivity index (χ3n) is 4.19. The van der Waals surface area contributed by atoms with Gasteiger partial charge in [0.05, 0.1) is 0 Å². The minimum Gasteiger partial charge on any atom is -0.451 e. The summed E-state index contributed by atoms with van der Waals surface area (Å²) in [5.41, 5.74) is 1.26. The van der Waals surface area contributed by atoms with Gasteiger partial charge in [-0.15, -0.1) is 11.3 Å². The highest BCUT2D eigenvalue weighted by molar-refractivity contribution is 7.14. The van der Waals surface area contributed by atoms with Crippen LogP contribution in [0.15, 0.2) is 16.7 Å². The molecule has 0 radical (unpaired) electrons. The van der Waals surface area contributed by atoms with Crippen molar-refractivity contribution in [2.24, 2.45) is 5.92 Å². The Morgan fingerprint density at radius 2 is 2.29 bits per heavy atom. The molecular weight excluding hydrogens is 328 g/mol. The minimum atomic E-state index is -0.450. The van der Waals surface area contributed by atoms with E-state index in [1.165, 1.54) is 28.2 Å². The number of aromatic nitrogens is 1. The molecule has 1 aliphatic carbocycles. The Morgan fingerprint density at radius 3 is 3.00 bits per heavy atom. The Hall–Kier alpha value is -2.15. The van der Waals surface area contributed by atoms with Crippen molar-refractivity contribution in [3.8, 4) is 0 Å². The fraction of sp³-hybridized carbons (Fsp3) is 0.471. The predicted octanol–water partition coefficient (Wildman–Crippen LogP) is 3.35. The number of esters is 1. The molecule has 128 valence electrons. The molecule has 1 N–H and O–H groups in total. The number of thiophene rings is 1. The minimum absolute atomic E-state index is 0.311. The first kappa shape index (κ1) is 16.7. The second-order valence-corrected chi connectivity index (χ2v) is 7.16. The van der Waals surface area contributed by atoms with Crippen LogP contribution >= 0.6 is 11.3 Å². The zero-order chi connectivity index (χ0) is 17.1. The lowest BCUT2D eigenvalue weighted by atomic mass is 9.87. The molecule has 2 heterocycles. The zero-order valence-corrected chi connectivity index (χ0v) is 14.6. The summed E-state index contributed by atoms with van der Waals surface area (Å²) < 4.78 is 9.95. The number of ether oxygens (including phenoxy) is 1. The first-order valence-electron chi connectivity index (χ1n) is 8.07. The van der Waals surface area contributed by atoms with E-state index in [1.807, 2.05) is 6.07 Å². The van der Waals surface area contributed by atoms with E-state index < -0.39 is 11.9 Å². The van der Waals surface area contributed by atoms with E-state index >= 15 is 0 Å². The summed E-state index contributed by atoms with van der Waals surface area (Å²) in [6.45, 7) is 3.58. The molecule has 1 amide bonds. The van der Waals surface area contributed by atoms with Crippen molar-refractivity contribution in [2.75, 3.05) is 11.9 Å². The molecule has 0 fully saturated rings. The number of anilines is 1. The van der Waals surface area contributed by atoms with Gasteiger partial charge in [0.1, 0.15) is 10.6 Å². The number of carbonyl (C=O) groups excluding carboxylic acids is 2. The molecule has 7 heteroatoms. The molecule has 3 rings (SSSR count). The highest BCUT2D eigenvalue weighted by atomic mass is 32.1. The van der Waals surface area contributed by atoms with Gasteiger partial charge in [0.15, 0.2) is 12.4 Å². The number of rotatable bonds is 5. The normalized spacial score (nSPS) is 16.5. The van der Waals surface area contributed by atoms with E-state index in [2.05, 4.69) is 17.4 Å². The number of aryl methyl sites for hydroxylation is 2. The van der Waals surface area contributed by atoms with Crippen LogP contribution in [0.2, 0.25) is 0 Å². The largest absolute Gasteiger partial charge is 0.451 e. The molecule has 2 aromatic rings. The van der Waals surface area contributed by atoms with Crippen molar-refractivity contribution in [3.63, 3.8) is 0 Å². The molecule has 1 atom stereocenters. The van der Waals surface area contributed by atoms with Crippen molar-refractivity contribution < 1.29 is 18.8 Å². The van der Waals surface area contributed by atoms with Crippen LogP contribution < -0.4 is 5.32 Å². The number of hydrogen-bond acceptors (Lipinski definition) is 6. The fourth-order valence-corrected chi connectivity index (χ4v) is 3.96. The summed E-state index contributed by atoms with van der Waals surface area (Å²) in [6, 6.07) is 3.51. The van der Waals surface area contributed by atoms with Crippen molar-refractivity contribution in [2.45, 2.75) is 39.5 Å². The van der Waals surface area contributed by atoms with Crippen molar-refractivity contribution in [3.05, 3.63) is 33.2 Å². The molecule has 0 aromatic carbocycles. The summed E-state index contributed by atoms with van der Waals surface area (Å²) in [7, 11) is 0.